The van der Waals surface area contributed by atoms with Crippen molar-refractivity contribution in [2.24, 2.45) is 0 Å². The summed E-state index contributed by atoms with van der Waals surface area (Å²) in [5.74, 6) is 1.78. The minimum atomic E-state index is -0.156. The smallest absolute Gasteiger partial charge is 0.191 e. The Balaban J connectivity index is 2.19. The van der Waals surface area contributed by atoms with E-state index < -0.39 is 0 Å². The van der Waals surface area contributed by atoms with Crippen LogP contribution in [0.5, 0.6) is 0 Å². The second kappa shape index (κ2) is 5.55. The highest BCUT2D eigenvalue weighted by molar-refractivity contribution is 7.98. The quantitative estimate of drug-likeness (QED) is 0.624. The minimum absolute atomic E-state index is 0.156. The fraction of sp³-hybridized carbons (Fsp3) is 0.636. The molecule has 0 atom stereocenters. The lowest BCUT2D eigenvalue weighted by Crippen LogP contribution is -2.36. The minimum Gasteiger partial charge on any atom is -0.393 e. The SMILES string of the molecule is CNc1cc(N2CCC(O)CC2)nc(SC)n1. The molecule has 0 bridgehead atoms. The molecule has 0 aliphatic carbocycles. The van der Waals surface area contributed by atoms with E-state index in [1.807, 2.05) is 19.4 Å². The van der Waals surface area contributed by atoms with E-state index in [2.05, 4.69) is 20.2 Å². The summed E-state index contributed by atoms with van der Waals surface area (Å²) in [5.41, 5.74) is 0. The van der Waals surface area contributed by atoms with Gasteiger partial charge in [-0.05, 0) is 19.1 Å². The van der Waals surface area contributed by atoms with Gasteiger partial charge in [-0.3, -0.25) is 0 Å². The largest absolute Gasteiger partial charge is 0.393 e. The van der Waals surface area contributed by atoms with Crippen molar-refractivity contribution < 1.29 is 5.11 Å². The van der Waals surface area contributed by atoms with Crippen LogP contribution in [0.15, 0.2) is 11.2 Å². The highest BCUT2D eigenvalue weighted by Gasteiger charge is 2.19. The van der Waals surface area contributed by atoms with Gasteiger partial charge in [0.15, 0.2) is 5.16 Å². The molecule has 1 aromatic rings. The number of hydrogen-bond donors (Lipinski definition) is 2. The van der Waals surface area contributed by atoms with E-state index in [4.69, 9.17) is 0 Å². The Hall–Kier alpha value is -1.01. The standard InChI is InChI=1S/C11H18N4OS/c1-12-9-7-10(14-11(13-9)17-2)15-5-3-8(16)4-6-15/h7-8,16H,3-6H2,1-2H3,(H,12,13,14). The van der Waals surface area contributed by atoms with Gasteiger partial charge in [0.25, 0.3) is 0 Å². The van der Waals surface area contributed by atoms with Crippen LogP contribution in [-0.4, -0.2) is 47.6 Å². The maximum absolute atomic E-state index is 9.50. The maximum atomic E-state index is 9.50. The van der Waals surface area contributed by atoms with Crippen molar-refractivity contribution in [1.29, 1.82) is 0 Å². The zero-order valence-electron chi connectivity index (χ0n) is 10.2. The summed E-state index contributed by atoms with van der Waals surface area (Å²) in [4.78, 5) is 11.1. The second-order valence-electron chi connectivity index (χ2n) is 4.07. The number of piperidine rings is 1. The zero-order valence-corrected chi connectivity index (χ0v) is 11.0. The third-order valence-corrected chi connectivity index (χ3v) is 3.47. The van der Waals surface area contributed by atoms with E-state index >= 15 is 0 Å². The van der Waals surface area contributed by atoms with Crippen LogP contribution in [0.4, 0.5) is 11.6 Å². The Morgan fingerprint density at radius 3 is 2.71 bits per heavy atom. The molecule has 5 nitrogen and oxygen atoms in total. The molecule has 2 N–H and O–H groups in total. The van der Waals surface area contributed by atoms with Crippen LogP contribution in [0, 0.1) is 0 Å². The third kappa shape index (κ3) is 3.01. The average molecular weight is 254 g/mol. The molecular weight excluding hydrogens is 236 g/mol. The summed E-state index contributed by atoms with van der Waals surface area (Å²) in [7, 11) is 1.86. The Labute approximate surface area is 106 Å². The van der Waals surface area contributed by atoms with Crippen LogP contribution in [-0.2, 0) is 0 Å². The molecule has 2 heterocycles. The first-order valence-corrected chi connectivity index (χ1v) is 6.99. The van der Waals surface area contributed by atoms with Gasteiger partial charge < -0.3 is 15.3 Å². The predicted molar refractivity (Wildman–Crippen MR) is 70.8 cm³/mol. The van der Waals surface area contributed by atoms with Gasteiger partial charge in [-0.1, -0.05) is 11.8 Å². The van der Waals surface area contributed by atoms with Crippen LogP contribution in [0.1, 0.15) is 12.8 Å². The van der Waals surface area contributed by atoms with Crippen LogP contribution in [0.2, 0.25) is 0 Å². The molecule has 17 heavy (non-hydrogen) atoms. The number of nitrogens with one attached hydrogen (secondary N) is 1. The van der Waals surface area contributed by atoms with Crippen molar-refractivity contribution >= 4 is 23.4 Å². The Bertz CT molecular complexity index is 357. The number of thioether (sulfide) groups is 1. The summed E-state index contributed by atoms with van der Waals surface area (Å²) < 4.78 is 0. The van der Waals surface area contributed by atoms with E-state index in [0.29, 0.717) is 0 Å². The lowest BCUT2D eigenvalue weighted by atomic mass is 10.1. The molecule has 6 heteroatoms. The summed E-state index contributed by atoms with van der Waals surface area (Å²) in [6.45, 7) is 1.71. The first kappa shape index (κ1) is 12.4. The number of aliphatic hydroxyl groups is 1. The van der Waals surface area contributed by atoms with Crippen molar-refractivity contribution in [2.45, 2.75) is 24.1 Å². The fourth-order valence-corrected chi connectivity index (χ4v) is 2.26. The van der Waals surface area contributed by atoms with Gasteiger partial charge in [-0.25, -0.2) is 9.97 Å². The van der Waals surface area contributed by atoms with Crippen molar-refractivity contribution in [3.8, 4) is 0 Å². The predicted octanol–water partition coefficient (Wildman–Crippen LogP) is 1.20. The lowest BCUT2D eigenvalue weighted by molar-refractivity contribution is 0.145. The van der Waals surface area contributed by atoms with Crippen LogP contribution >= 0.6 is 11.8 Å². The number of anilines is 2. The Kier molecular flexibility index (Phi) is 4.06. The van der Waals surface area contributed by atoms with Crippen LogP contribution in [0.25, 0.3) is 0 Å². The summed E-state index contributed by atoms with van der Waals surface area (Å²) >= 11 is 1.54. The van der Waals surface area contributed by atoms with Gasteiger partial charge in [0.05, 0.1) is 6.10 Å². The maximum Gasteiger partial charge on any atom is 0.191 e. The van der Waals surface area contributed by atoms with E-state index in [9.17, 15) is 5.11 Å². The molecule has 94 valence electrons. The molecule has 0 radical (unpaired) electrons. The molecule has 1 fully saturated rings. The van der Waals surface area contributed by atoms with E-state index in [1.54, 1.807) is 0 Å². The van der Waals surface area contributed by atoms with Gasteiger partial charge >= 0.3 is 0 Å². The highest BCUT2D eigenvalue weighted by Crippen LogP contribution is 2.23. The number of aliphatic hydroxyl groups excluding tert-OH is 1. The van der Waals surface area contributed by atoms with Gasteiger partial charge in [0.1, 0.15) is 11.6 Å². The molecule has 0 saturated carbocycles. The fourth-order valence-electron chi connectivity index (χ4n) is 1.89. The molecule has 1 aliphatic rings. The molecule has 1 aliphatic heterocycles. The van der Waals surface area contributed by atoms with Gasteiger partial charge in [-0.2, -0.15) is 0 Å². The number of aromatic nitrogens is 2. The van der Waals surface area contributed by atoms with E-state index in [0.717, 1.165) is 42.7 Å². The molecule has 0 amide bonds. The Morgan fingerprint density at radius 1 is 1.41 bits per heavy atom. The highest BCUT2D eigenvalue weighted by atomic mass is 32.2. The van der Waals surface area contributed by atoms with Crippen molar-refractivity contribution in [3.63, 3.8) is 0 Å². The van der Waals surface area contributed by atoms with Gasteiger partial charge in [-0.15, -0.1) is 0 Å². The van der Waals surface area contributed by atoms with Gasteiger partial charge in [0.2, 0.25) is 0 Å². The number of nitrogens with zero attached hydrogens (tertiary/aromatic N) is 3. The molecule has 1 aromatic heterocycles. The monoisotopic (exact) mass is 254 g/mol. The molecule has 0 aromatic carbocycles. The van der Waals surface area contributed by atoms with Crippen molar-refractivity contribution in [2.75, 3.05) is 36.6 Å². The number of hydrogen-bond acceptors (Lipinski definition) is 6. The number of rotatable bonds is 3. The topological polar surface area (TPSA) is 61.3 Å². The normalized spacial score (nSPS) is 17.2. The molecular formula is C11H18N4OS. The summed E-state index contributed by atoms with van der Waals surface area (Å²) in [6.07, 6.45) is 3.44. The summed E-state index contributed by atoms with van der Waals surface area (Å²) in [5, 5.41) is 13.3. The zero-order chi connectivity index (χ0) is 12.3. The third-order valence-electron chi connectivity index (χ3n) is 2.92. The Morgan fingerprint density at radius 2 is 2.12 bits per heavy atom. The lowest BCUT2D eigenvalue weighted by Gasteiger charge is -2.30. The van der Waals surface area contributed by atoms with Crippen molar-refractivity contribution in [3.05, 3.63) is 6.07 Å². The van der Waals surface area contributed by atoms with Gasteiger partial charge in [0, 0.05) is 26.2 Å². The summed E-state index contributed by atoms with van der Waals surface area (Å²) in [6, 6.07) is 1.96. The first-order valence-electron chi connectivity index (χ1n) is 5.76. The molecule has 0 spiro atoms. The molecule has 1 saturated heterocycles. The average Bonchev–Trinajstić information content (AvgIpc) is 2.39. The van der Waals surface area contributed by atoms with E-state index in [1.165, 1.54) is 11.8 Å². The van der Waals surface area contributed by atoms with Crippen molar-refractivity contribution in [1.82, 2.24) is 9.97 Å². The molecule has 2 rings (SSSR count). The van der Waals surface area contributed by atoms with E-state index in [-0.39, 0.29) is 6.10 Å². The molecule has 0 unspecified atom stereocenters. The second-order valence-corrected chi connectivity index (χ2v) is 4.84. The first-order chi connectivity index (χ1) is 8.22. The van der Waals surface area contributed by atoms with Crippen LogP contribution < -0.4 is 10.2 Å². The van der Waals surface area contributed by atoms with Crippen LogP contribution in [0.3, 0.4) is 0 Å².